The fraction of sp³-hybridized carbons (Fsp3) is 0.222. The average Bonchev–Trinajstić information content (AvgIpc) is 1.99. The topological polar surface area (TPSA) is 32.6 Å². The number of rotatable bonds is 2. The third-order valence-electron chi connectivity index (χ3n) is 1.60. The Labute approximate surface area is 66.2 Å². The minimum absolute atomic E-state index is 0.333. The van der Waals surface area contributed by atoms with Crippen LogP contribution in [0, 0.1) is 6.92 Å². The lowest BCUT2D eigenvalue weighted by Crippen LogP contribution is -1.84. The number of para-hydroxylation sites is 1. The van der Waals surface area contributed by atoms with Crippen LogP contribution < -0.4 is 0 Å². The van der Waals surface area contributed by atoms with E-state index >= 15 is 0 Å². The van der Waals surface area contributed by atoms with E-state index in [2.05, 4.69) is 11.7 Å². The summed E-state index contributed by atoms with van der Waals surface area (Å²) in [6, 6.07) is 5.61. The van der Waals surface area contributed by atoms with Gasteiger partial charge in [-0.15, -0.1) is 0 Å². The van der Waals surface area contributed by atoms with Gasteiger partial charge in [0.15, 0.2) is 0 Å². The average molecular weight is 149 g/mol. The highest BCUT2D eigenvalue weighted by atomic mass is 16.3. The van der Waals surface area contributed by atoms with Gasteiger partial charge in [0.2, 0.25) is 0 Å². The zero-order valence-electron chi connectivity index (χ0n) is 6.54. The number of aromatic hydroxyl groups is 1. The summed E-state index contributed by atoms with van der Waals surface area (Å²) in [7, 11) is 0. The summed E-state index contributed by atoms with van der Waals surface area (Å²) in [5.74, 6) is 0.333. The first kappa shape index (κ1) is 7.79. The maximum absolute atomic E-state index is 9.44. The van der Waals surface area contributed by atoms with Gasteiger partial charge in [-0.3, -0.25) is 4.99 Å². The number of aryl methyl sites for hydroxylation is 1. The van der Waals surface area contributed by atoms with Gasteiger partial charge in [-0.1, -0.05) is 18.2 Å². The number of nitrogens with zero attached hydrogens (tertiary/aromatic N) is 1. The number of aliphatic imine (C=N–C) groups is 1. The molecule has 0 saturated carbocycles. The van der Waals surface area contributed by atoms with Crippen LogP contribution in [-0.4, -0.2) is 11.8 Å². The number of hydrogen-bond donors (Lipinski definition) is 1. The Bertz CT molecular complexity index is 268. The number of phenols is 1. The third-order valence-corrected chi connectivity index (χ3v) is 1.60. The first-order valence-corrected chi connectivity index (χ1v) is 3.45. The molecule has 2 heteroatoms. The van der Waals surface area contributed by atoms with Crippen LogP contribution in [0.5, 0.6) is 5.75 Å². The van der Waals surface area contributed by atoms with Gasteiger partial charge in [-0.25, -0.2) is 0 Å². The molecule has 0 radical (unpaired) electrons. The smallest absolute Gasteiger partial charge is 0.123 e. The molecule has 0 saturated heterocycles. The first-order valence-electron chi connectivity index (χ1n) is 3.45. The predicted molar refractivity (Wildman–Crippen MR) is 46.1 cm³/mol. The molecule has 0 spiro atoms. The Morgan fingerprint density at radius 2 is 2.27 bits per heavy atom. The molecule has 0 unspecified atom stereocenters. The van der Waals surface area contributed by atoms with Gasteiger partial charge >= 0.3 is 0 Å². The molecule has 0 fully saturated rings. The van der Waals surface area contributed by atoms with Gasteiger partial charge in [0.05, 0.1) is 6.54 Å². The molecule has 0 aromatic heterocycles. The van der Waals surface area contributed by atoms with Crippen molar-refractivity contribution in [2.24, 2.45) is 4.99 Å². The minimum atomic E-state index is 0.333. The van der Waals surface area contributed by atoms with Crippen molar-refractivity contribution in [1.29, 1.82) is 0 Å². The highest BCUT2D eigenvalue weighted by molar-refractivity contribution is 5.40. The fourth-order valence-corrected chi connectivity index (χ4v) is 0.968. The van der Waals surface area contributed by atoms with Crippen LogP contribution in [0.1, 0.15) is 11.1 Å². The number of benzene rings is 1. The maximum Gasteiger partial charge on any atom is 0.123 e. The summed E-state index contributed by atoms with van der Waals surface area (Å²) < 4.78 is 0. The molecule has 0 heterocycles. The van der Waals surface area contributed by atoms with Crippen molar-refractivity contribution in [3.8, 4) is 5.75 Å². The zero-order chi connectivity index (χ0) is 8.27. The highest BCUT2D eigenvalue weighted by Gasteiger charge is 2.00. The molecule has 2 nitrogen and oxygen atoms in total. The maximum atomic E-state index is 9.44. The second kappa shape index (κ2) is 3.19. The van der Waals surface area contributed by atoms with Gasteiger partial charge < -0.3 is 5.11 Å². The van der Waals surface area contributed by atoms with Gasteiger partial charge in [-0.05, 0) is 19.2 Å². The Balaban J connectivity index is 3.05. The van der Waals surface area contributed by atoms with E-state index < -0.39 is 0 Å². The Morgan fingerprint density at radius 1 is 1.55 bits per heavy atom. The molecule has 0 aliphatic heterocycles. The molecule has 0 aliphatic rings. The van der Waals surface area contributed by atoms with Crippen molar-refractivity contribution in [2.45, 2.75) is 13.5 Å². The summed E-state index contributed by atoms with van der Waals surface area (Å²) in [6.45, 7) is 5.71. The second-order valence-corrected chi connectivity index (χ2v) is 2.46. The number of phenolic OH excluding ortho intramolecular Hbond substituents is 1. The quantitative estimate of drug-likeness (QED) is 0.640. The summed E-state index contributed by atoms with van der Waals surface area (Å²) in [6.07, 6.45) is 0. The van der Waals surface area contributed by atoms with Crippen molar-refractivity contribution >= 4 is 6.72 Å². The van der Waals surface area contributed by atoms with Crippen molar-refractivity contribution in [1.82, 2.24) is 0 Å². The lowest BCUT2D eigenvalue weighted by molar-refractivity contribution is 0.464. The largest absolute Gasteiger partial charge is 0.507 e. The lowest BCUT2D eigenvalue weighted by atomic mass is 10.1. The summed E-state index contributed by atoms with van der Waals surface area (Å²) in [4.78, 5) is 3.70. The van der Waals surface area contributed by atoms with E-state index in [-0.39, 0.29) is 0 Å². The molecule has 1 aromatic carbocycles. The van der Waals surface area contributed by atoms with Crippen LogP contribution in [0.3, 0.4) is 0 Å². The third kappa shape index (κ3) is 1.58. The molecule has 1 aromatic rings. The van der Waals surface area contributed by atoms with Crippen LogP contribution in [0.15, 0.2) is 23.2 Å². The SMILES string of the molecule is C=NCc1cccc(C)c1O. The predicted octanol–water partition coefficient (Wildman–Crippen LogP) is 1.90. The van der Waals surface area contributed by atoms with Crippen molar-refractivity contribution in [2.75, 3.05) is 0 Å². The summed E-state index contributed by atoms with van der Waals surface area (Å²) in [5, 5.41) is 9.44. The lowest BCUT2D eigenvalue weighted by Gasteiger charge is -2.02. The molecule has 58 valence electrons. The molecule has 0 aliphatic carbocycles. The molecule has 11 heavy (non-hydrogen) atoms. The van der Waals surface area contributed by atoms with Gasteiger partial charge in [0, 0.05) is 5.56 Å². The van der Waals surface area contributed by atoms with Crippen LogP contribution in [0.4, 0.5) is 0 Å². The van der Waals surface area contributed by atoms with E-state index in [4.69, 9.17) is 0 Å². The molecule has 1 rings (SSSR count). The summed E-state index contributed by atoms with van der Waals surface area (Å²) in [5.41, 5.74) is 1.71. The molecule has 0 bridgehead atoms. The minimum Gasteiger partial charge on any atom is -0.507 e. The van der Waals surface area contributed by atoms with E-state index in [9.17, 15) is 5.11 Å². The second-order valence-electron chi connectivity index (χ2n) is 2.46. The number of hydrogen-bond acceptors (Lipinski definition) is 2. The fourth-order valence-electron chi connectivity index (χ4n) is 0.968. The van der Waals surface area contributed by atoms with Crippen LogP contribution in [-0.2, 0) is 6.54 Å². The van der Waals surface area contributed by atoms with E-state index in [1.165, 1.54) is 0 Å². The van der Waals surface area contributed by atoms with E-state index in [1.54, 1.807) is 0 Å². The van der Waals surface area contributed by atoms with E-state index in [0.717, 1.165) is 11.1 Å². The summed E-state index contributed by atoms with van der Waals surface area (Å²) >= 11 is 0. The normalized spacial score (nSPS) is 9.55. The first-order chi connectivity index (χ1) is 5.25. The molecule has 1 N–H and O–H groups in total. The van der Waals surface area contributed by atoms with Gasteiger partial charge in [0.25, 0.3) is 0 Å². The van der Waals surface area contributed by atoms with E-state index in [0.29, 0.717) is 12.3 Å². The van der Waals surface area contributed by atoms with Crippen molar-refractivity contribution in [3.63, 3.8) is 0 Å². The van der Waals surface area contributed by atoms with Crippen molar-refractivity contribution < 1.29 is 5.11 Å². The monoisotopic (exact) mass is 149 g/mol. The Kier molecular flexibility index (Phi) is 2.26. The van der Waals surface area contributed by atoms with Crippen LogP contribution in [0.25, 0.3) is 0 Å². The standard InChI is InChI=1S/C9H11NO/c1-7-4-3-5-8(6-10-2)9(7)11/h3-5,11H,2,6H2,1H3. The van der Waals surface area contributed by atoms with Crippen LogP contribution in [0.2, 0.25) is 0 Å². The van der Waals surface area contributed by atoms with Crippen molar-refractivity contribution in [3.05, 3.63) is 29.3 Å². The Hall–Kier alpha value is -1.31. The van der Waals surface area contributed by atoms with Gasteiger partial charge in [-0.2, -0.15) is 0 Å². The Morgan fingerprint density at radius 3 is 2.91 bits per heavy atom. The highest BCUT2D eigenvalue weighted by Crippen LogP contribution is 2.21. The van der Waals surface area contributed by atoms with E-state index in [1.807, 2.05) is 25.1 Å². The molecule has 0 atom stereocenters. The van der Waals surface area contributed by atoms with Gasteiger partial charge in [0.1, 0.15) is 5.75 Å². The van der Waals surface area contributed by atoms with Crippen LogP contribution >= 0.6 is 0 Å². The molecular formula is C9H11NO. The molecular weight excluding hydrogens is 138 g/mol. The zero-order valence-corrected chi connectivity index (χ0v) is 6.54. The molecule has 0 amide bonds.